The maximum Gasteiger partial charge on any atom is 0.186 e. The molecular formula is C15H23NOS. The molecule has 2 rings (SSSR count). The molecule has 0 spiro atoms. The van der Waals surface area contributed by atoms with Gasteiger partial charge in [0.2, 0.25) is 0 Å². The predicted molar refractivity (Wildman–Crippen MR) is 77.5 cm³/mol. The Bertz CT molecular complexity index is 422. The summed E-state index contributed by atoms with van der Waals surface area (Å²) in [6, 6.07) is 3.99. The lowest BCUT2D eigenvalue weighted by Crippen LogP contribution is -2.31. The van der Waals surface area contributed by atoms with Crippen molar-refractivity contribution in [2.45, 2.75) is 40.0 Å². The molecule has 0 aromatic carbocycles. The Kier molecular flexibility index (Phi) is 4.23. The number of aryl methyl sites for hydroxylation is 1. The highest BCUT2D eigenvalue weighted by Crippen LogP contribution is 2.29. The van der Waals surface area contributed by atoms with Crippen LogP contribution in [0.15, 0.2) is 12.1 Å². The number of rotatable bonds is 3. The van der Waals surface area contributed by atoms with Gasteiger partial charge in [-0.1, -0.05) is 13.8 Å². The van der Waals surface area contributed by atoms with E-state index in [-0.39, 0.29) is 5.78 Å². The van der Waals surface area contributed by atoms with Crippen molar-refractivity contribution in [2.24, 2.45) is 5.41 Å². The number of thiophene rings is 1. The van der Waals surface area contributed by atoms with E-state index in [1.165, 1.54) is 24.1 Å². The molecule has 2 heterocycles. The molecular weight excluding hydrogens is 242 g/mol. The standard InChI is InChI=1S/C15H23NOS/c1-12-5-6-14(18-12)13(17)11-16-9-4-7-15(2,3)8-10-16/h5-6H,4,7-11H2,1-3H3. The quantitative estimate of drug-likeness (QED) is 0.776. The zero-order chi connectivity index (χ0) is 13.2. The number of carbonyl (C=O) groups is 1. The van der Waals surface area contributed by atoms with Gasteiger partial charge in [0.1, 0.15) is 0 Å². The molecule has 3 heteroatoms. The number of Topliss-reactive ketones (excluding diaryl/α,β-unsaturated/α-hetero) is 1. The summed E-state index contributed by atoms with van der Waals surface area (Å²) < 4.78 is 0. The van der Waals surface area contributed by atoms with Crippen LogP contribution in [0.1, 0.15) is 47.7 Å². The Morgan fingerprint density at radius 1 is 1.33 bits per heavy atom. The molecule has 1 aliphatic heterocycles. The third kappa shape index (κ3) is 3.66. The summed E-state index contributed by atoms with van der Waals surface area (Å²) in [5.74, 6) is 0.285. The molecule has 1 aromatic heterocycles. The van der Waals surface area contributed by atoms with Crippen molar-refractivity contribution in [3.05, 3.63) is 21.9 Å². The third-order valence-corrected chi connectivity index (χ3v) is 4.86. The summed E-state index contributed by atoms with van der Waals surface area (Å²) in [5, 5.41) is 0. The molecule has 0 bridgehead atoms. The van der Waals surface area contributed by atoms with Gasteiger partial charge in [-0.3, -0.25) is 9.69 Å². The fourth-order valence-electron chi connectivity index (χ4n) is 2.50. The lowest BCUT2D eigenvalue weighted by Gasteiger charge is -2.22. The van der Waals surface area contributed by atoms with Crippen LogP contribution in [0.4, 0.5) is 0 Å². The van der Waals surface area contributed by atoms with Crippen LogP contribution in [0.5, 0.6) is 0 Å². The van der Waals surface area contributed by atoms with E-state index >= 15 is 0 Å². The molecule has 0 radical (unpaired) electrons. The summed E-state index contributed by atoms with van der Waals surface area (Å²) in [5.41, 5.74) is 0.442. The summed E-state index contributed by atoms with van der Waals surface area (Å²) in [6.07, 6.45) is 3.68. The summed E-state index contributed by atoms with van der Waals surface area (Å²) in [7, 11) is 0. The van der Waals surface area contributed by atoms with Gasteiger partial charge in [-0.15, -0.1) is 11.3 Å². The first-order valence-electron chi connectivity index (χ1n) is 6.78. The minimum atomic E-state index is 0.285. The molecule has 0 unspecified atom stereocenters. The second-order valence-electron chi connectivity index (χ2n) is 6.13. The summed E-state index contributed by atoms with van der Waals surface area (Å²) in [4.78, 5) is 16.6. The van der Waals surface area contributed by atoms with Gasteiger partial charge in [-0.2, -0.15) is 0 Å². The zero-order valence-corrected chi connectivity index (χ0v) is 12.5. The van der Waals surface area contributed by atoms with E-state index in [2.05, 4.69) is 25.7 Å². The molecule has 2 nitrogen and oxygen atoms in total. The molecule has 100 valence electrons. The van der Waals surface area contributed by atoms with E-state index in [4.69, 9.17) is 0 Å². The smallest absolute Gasteiger partial charge is 0.186 e. The monoisotopic (exact) mass is 265 g/mol. The molecule has 0 amide bonds. The molecule has 0 saturated carbocycles. The van der Waals surface area contributed by atoms with Gasteiger partial charge in [0.05, 0.1) is 11.4 Å². The Morgan fingerprint density at radius 2 is 2.11 bits per heavy atom. The lowest BCUT2D eigenvalue weighted by molar-refractivity contribution is 0.0934. The second-order valence-corrected chi connectivity index (χ2v) is 7.42. The maximum atomic E-state index is 12.2. The second kappa shape index (κ2) is 5.54. The Hall–Kier alpha value is -0.670. The molecule has 0 atom stereocenters. The maximum absolute atomic E-state index is 12.2. The lowest BCUT2D eigenvalue weighted by atomic mass is 9.85. The topological polar surface area (TPSA) is 20.3 Å². The number of ketones is 1. The van der Waals surface area contributed by atoms with Crippen molar-refractivity contribution in [3.8, 4) is 0 Å². The fraction of sp³-hybridized carbons (Fsp3) is 0.667. The van der Waals surface area contributed by atoms with E-state index < -0.39 is 0 Å². The highest BCUT2D eigenvalue weighted by molar-refractivity contribution is 7.14. The SMILES string of the molecule is Cc1ccc(C(=O)CN2CCCC(C)(C)CC2)s1. The number of hydrogen-bond acceptors (Lipinski definition) is 3. The highest BCUT2D eigenvalue weighted by Gasteiger charge is 2.24. The highest BCUT2D eigenvalue weighted by atomic mass is 32.1. The first-order chi connectivity index (χ1) is 8.46. The van der Waals surface area contributed by atoms with E-state index in [1.54, 1.807) is 11.3 Å². The van der Waals surface area contributed by atoms with Gasteiger partial charge in [0, 0.05) is 4.88 Å². The van der Waals surface area contributed by atoms with Gasteiger partial charge in [0.25, 0.3) is 0 Å². The van der Waals surface area contributed by atoms with Gasteiger partial charge < -0.3 is 0 Å². The van der Waals surface area contributed by atoms with Gasteiger partial charge in [0.15, 0.2) is 5.78 Å². The molecule has 0 aliphatic carbocycles. The van der Waals surface area contributed by atoms with E-state index in [0.29, 0.717) is 12.0 Å². The van der Waals surface area contributed by atoms with Gasteiger partial charge in [-0.05, 0) is 56.8 Å². The van der Waals surface area contributed by atoms with Crippen LogP contribution in [-0.4, -0.2) is 30.3 Å². The van der Waals surface area contributed by atoms with Crippen molar-refractivity contribution in [3.63, 3.8) is 0 Å². The van der Waals surface area contributed by atoms with Crippen molar-refractivity contribution in [2.75, 3.05) is 19.6 Å². The number of likely N-dealkylation sites (tertiary alicyclic amines) is 1. The molecule has 1 fully saturated rings. The summed E-state index contributed by atoms with van der Waals surface area (Å²) in [6.45, 7) is 9.44. The largest absolute Gasteiger partial charge is 0.296 e. The minimum Gasteiger partial charge on any atom is -0.296 e. The van der Waals surface area contributed by atoms with E-state index in [9.17, 15) is 4.79 Å². The van der Waals surface area contributed by atoms with Crippen molar-refractivity contribution in [1.82, 2.24) is 4.90 Å². The van der Waals surface area contributed by atoms with Crippen LogP contribution in [0.2, 0.25) is 0 Å². The average molecular weight is 265 g/mol. The zero-order valence-electron chi connectivity index (χ0n) is 11.7. The molecule has 1 aliphatic rings. The Labute approximate surface area is 114 Å². The molecule has 0 N–H and O–H groups in total. The van der Waals surface area contributed by atoms with Gasteiger partial charge in [-0.25, -0.2) is 0 Å². The first kappa shape index (κ1) is 13.8. The number of carbonyl (C=O) groups excluding carboxylic acids is 1. The molecule has 1 aromatic rings. The van der Waals surface area contributed by atoms with E-state index in [0.717, 1.165) is 18.0 Å². The third-order valence-electron chi connectivity index (χ3n) is 3.82. The van der Waals surface area contributed by atoms with Crippen molar-refractivity contribution >= 4 is 17.1 Å². The Morgan fingerprint density at radius 3 is 2.78 bits per heavy atom. The van der Waals surface area contributed by atoms with Crippen molar-refractivity contribution in [1.29, 1.82) is 0 Å². The van der Waals surface area contributed by atoms with Crippen molar-refractivity contribution < 1.29 is 4.79 Å². The Balaban J connectivity index is 1.91. The van der Waals surface area contributed by atoms with Crippen LogP contribution in [0, 0.1) is 12.3 Å². The minimum absolute atomic E-state index is 0.285. The molecule has 1 saturated heterocycles. The number of hydrogen-bond donors (Lipinski definition) is 0. The average Bonchev–Trinajstić information content (AvgIpc) is 2.65. The predicted octanol–water partition coefficient (Wildman–Crippen LogP) is 3.75. The fourth-order valence-corrected chi connectivity index (χ4v) is 3.30. The molecule has 18 heavy (non-hydrogen) atoms. The van der Waals surface area contributed by atoms with E-state index in [1.807, 2.05) is 12.1 Å². The first-order valence-corrected chi connectivity index (χ1v) is 7.60. The summed E-state index contributed by atoms with van der Waals surface area (Å²) >= 11 is 1.61. The van der Waals surface area contributed by atoms with Crippen LogP contribution < -0.4 is 0 Å². The van der Waals surface area contributed by atoms with Crippen LogP contribution in [0.25, 0.3) is 0 Å². The van der Waals surface area contributed by atoms with Crippen LogP contribution in [-0.2, 0) is 0 Å². The number of nitrogens with zero attached hydrogens (tertiary/aromatic N) is 1. The van der Waals surface area contributed by atoms with Crippen LogP contribution in [0.3, 0.4) is 0 Å². The van der Waals surface area contributed by atoms with Crippen LogP contribution >= 0.6 is 11.3 Å². The normalized spacial score (nSPS) is 20.6. The van der Waals surface area contributed by atoms with Gasteiger partial charge >= 0.3 is 0 Å².